The third kappa shape index (κ3) is 6.11. The topological polar surface area (TPSA) is 71.2 Å². The van der Waals surface area contributed by atoms with E-state index in [9.17, 15) is 9.59 Å². The van der Waals surface area contributed by atoms with Crippen molar-refractivity contribution in [3.05, 3.63) is 32.7 Å². The van der Waals surface area contributed by atoms with E-state index in [0.717, 1.165) is 4.47 Å². The number of hydrogen-bond donors (Lipinski definition) is 2. The molecule has 0 unspecified atom stereocenters. The molecule has 0 aromatic carbocycles. The smallest absolute Gasteiger partial charge is 0.408 e. The Bertz CT molecular complexity index is 576. The first-order chi connectivity index (χ1) is 8.78. The zero-order valence-electron chi connectivity index (χ0n) is 11.0. The third-order valence-electron chi connectivity index (χ3n) is 1.81. The average molecular weight is 327 g/mol. The summed E-state index contributed by atoms with van der Waals surface area (Å²) < 4.78 is 5.77. The van der Waals surface area contributed by atoms with Gasteiger partial charge in [0.15, 0.2) is 0 Å². The summed E-state index contributed by atoms with van der Waals surface area (Å²) in [5.74, 6) is 5.36. The summed E-state index contributed by atoms with van der Waals surface area (Å²) in [4.78, 5) is 25.2. The second-order valence-corrected chi connectivity index (χ2v) is 5.63. The number of aromatic amines is 1. The van der Waals surface area contributed by atoms with Gasteiger partial charge in [-0.05, 0) is 42.8 Å². The molecule has 1 rings (SSSR count). The fraction of sp³-hybridized carbons (Fsp3) is 0.385. The molecule has 0 bridgehead atoms. The standard InChI is InChI=1S/C13H15BrN2O3/c1-13(2,3)19-12(18)15-6-4-5-9-7-10(14)8-16-11(9)17/h7-8H,6H2,1-3H3,(H,15,18)(H,16,17). The molecule has 19 heavy (non-hydrogen) atoms. The van der Waals surface area contributed by atoms with Crippen molar-refractivity contribution in [2.45, 2.75) is 26.4 Å². The Morgan fingerprint density at radius 2 is 2.21 bits per heavy atom. The van der Waals surface area contributed by atoms with Gasteiger partial charge >= 0.3 is 6.09 Å². The Hall–Kier alpha value is -1.74. The molecule has 0 aliphatic heterocycles. The van der Waals surface area contributed by atoms with Crippen molar-refractivity contribution >= 4 is 22.0 Å². The highest BCUT2D eigenvalue weighted by molar-refractivity contribution is 9.10. The van der Waals surface area contributed by atoms with E-state index in [-0.39, 0.29) is 12.1 Å². The van der Waals surface area contributed by atoms with Crippen molar-refractivity contribution in [3.63, 3.8) is 0 Å². The van der Waals surface area contributed by atoms with Gasteiger partial charge in [0.05, 0.1) is 12.1 Å². The maximum atomic E-state index is 11.4. The molecule has 0 aliphatic rings. The minimum absolute atomic E-state index is 0.112. The van der Waals surface area contributed by atoms with E-state index in [1.807, 2.05) is 0 Å². The SMILES string of the molecule is CC(C)(C)OC(=O)NCC#Cc1cc(Br)c[nH]c1=O. The molecule has 5 nitrogen and oxygen atoms in total. The molecule has 1 aromatic rings. The van der Waals surface area contributed by atoms with Crippen molar-refractivity contribution in [2.75, 3.05) is 6.54 Å². The zero-order chi connectivity index (χ0) is 14.5. The molecule has 1 heterocycles. The van der Waals surface area contributed by atoms with Crippen LogP contribution in [0.1, 0.15) is 26.3 Å². The fourth-order valence-corrected chi connectivity index (χ4v) is 1.46. The molecule has 0 radical (unpaired) electrons. The van der Waals surface area contributed by atoms with Crippen LogP contribution in [0.5, 0.6) is 0 Å². The van der Waals surface area contributed by atoms with Crippen LogP contribution in [0.3, 0.4) is 0 Å². The zero-order valence-corrected chi connectivity index (χ0v) is 12.6. The molecular formula is C13H15BrN2O3. The Balaban J connectivity index is 2.55. The largest absolute Gasteiger partial charge is 0.444 e. The number of carbonyl (C=O) groups is 1. The maximum absolute atomic E-state index is 11.4. The summed E-state index contributed by atoms with van der Waals surface area (Å²) in [7, 11) is 0. The second-order valence-electron chi connectivity index (χ2n) is 4.72. The Morgan fingerprint density at radius 1 is 1.53 bits per heavy atom. The molecule has 1 amide bonds. The quantitative estimate of drug-likeness (QED) is 0.775. The summed E-state index contributed by atoms with van der Waals surface area (Å²) in [5, 5.41) is 2.48. The lowest BCUT2D eigenvalue weighted by atomic mass is 10.2. The van der Waals surface area contributed by atoms with Gasteiger partial charge in [-0.25, -0.2) is 4.79 Å². The van der Waals surface area contributed by atoms with Crippen molar-refractivity contribution in [3.8, 4) is 11.8 Å². The van der Waals surface area contributed by atoms with Crippen LogP contribution in [0.25, 0.3) is 0 Å². The van der Waals surface area contributed by atoms with Crippen LogP contribution in [-0.4, -0.2) is 23.2 Å². The molecule has 0 saturated carbocycles. The van der Waals surface area contributed by atoms with E-state index in [1.165, 1.54) is 6.20 Å². The number of amides is 1. The van der Waals surface area contributed by atoms with Gasteiger partial charge in [0.25, 0.3) is 5.56 Å². The van der Waals surface area contributed by atoms with E-state index in [2.05, 4.69) is 38.1 Å². The average Bonchev–Trinajstić information content (AvgIpc) is 2.26. The number of pyridine rings is 1. The van der Waals surface area contributed by atoms with Crippen molar-refractivity contribution < 1.29 is 9.53 Å². The maximum Gasteiger partial charge on any atom is 0.408 e. The van der Waals surface area contributed by atoms with Gasteiger partial charge in [0.2, 0.25) is 0 Å². The third-order valence-corrected chi connectivity index (χ3v) is 2.27. The number of nitrogens with one attached hydrogen (secondary N) is 2. The summed E-state index contributed by atoms with van der Waals surface area (Å²) in [6, 6.07) is 1.61. The predicted molar refractivity (Wildman–Crippen MR) is 75.9 cm³/mol. The molecule has 2 N–H and O–H groups in total. The fourth-order valence-electron chi connectivity index (χ4n) is 1.12. The Kier molecular flexibility index (Phi) is 5.19. The van der Waals surface area contributed by atoms with Crippen LogP contribution < -0.4 is 10.9 Å². The molecule has 0 saturated heterocycles. The van der Waals surface area contributed by atoms with Crippen LogP contribution in [0.4, 0.5) is 4.79 Å². The Labute approximate surface area is 119 Å². The number of aromatic nitrogens is 1. The van der Waals surface area contributed by atoms with Crippen LogP contribution >= 0.6 is 15.9 Å². The predicted octanol–water partition coefficient (Wildman–Crippen LogP) is 2.01. The van der Waals surface area contributed by atoms with Gasteiger partial charge in [-0.3, -0.25) is 4.79 Å². The molecular weight excluding hydrogens is 312 g/mol. The van der Waals surface area contributed by atoms with Crippen molar-refractivity contribution in [2.24, 2.45) is 0 Å². The number of alkyl carbamates (subject to hydrolysis) is 1. The number of rotatable bonds is 1. The van der Waals surface area contributed by atoms with Gasteiger partial charge in [0.1, 0.15) is 5.60 Å². The lowest BCUT2D eigenvalue weighted by Crippen LogP contribution is -2.32. The molecule has 0 aliphatic carbocycles. The first kappa shape index (κ1) is 15.3. The number of carbonyl (C=O) groups excluding carboxylic acids is 1. The van der Waals surface area contributed by atoms with Crippen LogP contribution in [-0.2, 0) is 4.74 Å². The second kappa shape index (κ2) is 6.43. The highest BCUT2D eigenvalue weighted by atomic mass is 79.9. The summed E-state index contributed by atoms with van der Waals surface area (Å²) in [6.45, 7) is 5.44. The van der Waals surface area contributed by atoms with Gasteiger partial charge in [0, 0.05) is 10.7 Å². The van der Waals surface area contributed by atoms with Crippen LogP contribution in [0, 0.1) is 11.8 Å². The van der Waals surface area contributed by atoms with Gasteiger partial charge in [-0.2, -0.15) is 0 Å². The van der Waals surface area contributed by atoms with Crippen LogP contribution in [0.15, 0.2) is 21.5 Å². The molecule has 0 spiro atoms. The summed E-state index contributed by atoms with van der Waals surface area (Å²) in [6.07, 6.45) is 0.997. The first-order valence-corrected chi connectivity index (χ1v) is 6.41. The molecule has 1 aromatic heterocycles. The van der Waals surface area contributed by atoms with Crippen molar-refractivity contribution in [1.29, 1.82) is 0 Å². The highest BCUT2D eigenvalue weighted by Crippen LogP contribution is 2.06. The van der Waals surface area contributed by atoms with Gasteiger partial charge < -0.3 is 15.0 Å². The van der Waals surface area contributed by atoms with Gasteiger partial charge in [-0.1, -0.05) is 11.8 Å². The van der Waals surface area contributed by atoms with Gasteiger partial charge in [-0.15, -0.1) is 0 Å². The minimum Gasteiger partial charge on any atom is -0.444 e. The summed E-state index contributed by atoms with van der Waals surface area (Å²) in [5.41, 5.74) is -0.479. The number of H-pyrrole nitrogens is 1. The van der Waals surface area contributed by atoms with E-state index >= 15 is 0 Å². The number of ether oxygens (including phenoxy) is 1. The van der Waals surface area contributed by atoms with Crippen molar-refractivity contribution in [1.82, 2.24) is 10.3 Å². The van der Waals surface area contributed by atoms with E-state index in [1.54, 1.807) is 26.8 Å². The number of halogens is 1. The molecule has 6 heteroatoms. The van der Waals surface area contributed by atoms with E-state index in [4.69, 9.17) is 4.74 Å². The normalized spacial score (nSPS) is 10.3. The van der Waals surface area contributed by atoms with E-state index < -0.39 is 11.7 Å². The number of hydrogen-bond acceptors (Lipinski definition) is 3. The lowest BCUT2D eigenvalue weighted by Gasteiger charge is -2.18. The van der Waals surface area contributed by atoms with Crippen LogP contribution in [0.2, 0.25) is 0 Å². The molecule has 102 valence electrons. The molecule has 0 atom stereocenters. The minimum atomic E-state index is -0.543. The monoisotopic (exact) mass is 326 g/mol. The highest BCUT2D eigenvalue weighted by Gasteiger charge is 2.14. The summed E-state index contributed by atoms with van der Waals surface area (Å²) >= 11 is 3.23. The molecule has 0 fully saturated rings. The lowest BCUT2D eigenvalue weighted by molar-refractivity contribution is 0.0535. The van der Waals surface area contributed by atoms with E-state index in [0.29, 0.717) is 5.56 Å². The Morgan fingerprint density at radius 3 is 2.84 bits per heavy atom. The first-order valence-electron chi connectivity index (χ1n) is 5.62.